The molecule has 1 aliphatic heterocycles. The fourth-order valence-corrected chi connectivity index (χ4v) is 5.06. The Morgan fingerprint density at radius 3 is 2.57 bits per heavy atom. The summed E-state index contributed by atoms with van der Waals surface area (Å²) in [6.07, 6.45) is 6.67. The molecule has 5 heteroatoms. The lowest BCUT2D eigenvalue weighted by molar-refractivity contribution is -0.130. The van der Waals surface area contributed by atoms with E-state index in [0.29, 0.717) is 25.0 Å². The summed E-state index contributed by atoms with van der Waals surface area (Å²) in [7, 11) is 0. The van der Waals surface area contributed by atoms with Crippen LogP contribution in [-0.2, 0) is 11.3 Å². The molecular formula is C25H29N3O2. The van der Waals surface area contributed by atoms with Gasteiger partial charge in [0.15, 0.2) is 0 Å². The number of likely N-dealkylation sites (tertiary alicyclic amines) is 1. The number of hydrogen-bond donors (Lipinski definition) is 0. The molecule has 2 heterocycles. The normalized spacial score (nSPS) is 20.2. The quantitative estimate of drug-likeness (QED) is 0.596. The molecular weight excluding hydrogens is 374 g/mol. The second kappa shape index (κ2) is 8.50. The van der Waals surface area contributed by atoms with Gasteiger partial charge in [0.05, 0.1) is 17.6 Å². The number of rotatable bonds is 6. The Hall–Kier alpha value is -2.82. The summed E-state index contributed by atoms with van der Waals surface area (Å²) >= 11 is 0. The van der Waals surface area contributed by atoms with Crippen LogP contribution in [0.1, 0.15) is 50.3 Å². The van der Waals surface area contributed by atoms with Gasteiger partial charge in [-0.1, -0.05) is 49.6 Å². The van der Waals surface area contributed by atoms with Crippen molar-refractivity contribution in [1.29, 1.82) is 0 Å². The average Bonchev–Trinajstić information content (AvgIpc) is 3.36. The molecule has 2 aromatic carbocycles. The number of aromatic nitrogens is 2. The van der Waals surface area contributed by atoms with Gasteiger partial charge in [-0.25, -0.2) is 4.98 Å². The number of amides is 1. The second-order valence-electron chi connectivity index (χ2n) is 8.51. The van der Waals surface area contributed by atoms with Gasteiger partial charge in [-0.05, 0) is 37.1 Å². The van der Waals surface area contributed by atoms with Crippen LogP contribution in [0.4, 0.5) is 0 Å². The lowest BCUT2D eigenvalue weighted by atomic mass is 9.94. The first-order valence-electron chi connectivity index (χ1n) is 11.2. The summed E-state index contributed by atoms with van der Waals surface area (Å²) in [4.78, 5) is 20.0. The second-order valence-corrected chi connectivity index (χ2v) is 8.51. The van der Waals surface area contributed by atoms with E-state index in [0.717, 1.165) is 48.5 Å². The number of ether oxygens (including phenoxy) is 1. The largest absolute Gasteiger partial charge is 0.492 e. The highest BCUT2D eigenvalue weighted by Crippen LogP contribution is 2.34. The maximum absolute atomic E-state index is 12.8. The Morgan fingerprint density at radius 2 is 1.73 bits per heavy atom. The van der Waals surface area contributed by atoms with Crippen LogP contribution in [0, 0.1) is 0 Å². The molecule has 5 nitrogen and oxygen atoms in total. The molecule has 156 valence electrons. The number of nitrogens with zero attached hydrogens (tertiary/aromatic N) is 3. The highest BCUT2D eigenvalue weighted by atomic mass is 16.5. The molecule has 1 saturated heterocycles. The van der Waals surface area contributed by atoms with Crippen LogP contribution in [0.5, 0.6) is 5.75 Å². The van der Waals surface area contributed by atoms with E-state index in [2.05, 4.69) is 27.7 Å². The number of hydrogen-bond acceptors (Lipinski definition) is 3. The molecule has 2 fully saturated rings. The zero-order chi connectivity index (χ0) is 20.3. The van der Waals surface area contributed by atoms with Gasteiger partial charge in [0.1, 0.15) is 18.2 Å². The summed E-state index contributed by atoms with van der Waals surface area (Å²) < 4.78 is 8.22. The van der Waals surface area contributed by atoms with E-state index in [1.54, 1.807) is 0 Å². The molecule has 0 bridgehead atoms. The van der Waals surface area contributed by atoms with Crippen LogP contribution in [0.25, 0.3) is 11.0 Å². The molecule has 0 N–H and O–H groups in total. The molecule has 2 aliphatic rings. The monoisotopic (exact) mass is 403 g/mol. The van der Waals surface area contributed by atoms with E-state index in [1.165, 1.54) is 19.3 Å². The van der Waals surface area contributed by atoms with Crippen molar-refractivity contribution in [3.8, 4) is 5.75 Å². The third kappa shape index (κ3) is 3.81. The van der Waals surface area contributed by atoms with Gasteiger partial charge in [-0.2, -0.15) is 0 Å². The first kappa shape index (κ1) is 19.2. The molecule has 5 rings (SSSR count). The van der Waals surface area contributed by atoms with Crippen molar-refractivity contribution in [2.24, 2.45) is 0 Å². The van der Waals surface area contributed by atoms with Crippen molar-refractivity contribution < 1.29 is 9.53 Å². The molecule has 0 radical (unpaired) electrons. The standard InChI is InChI=1S/C25H29N3O2/c29-24-17-19(18-28(24)20-9-3-1-4-10-20)25-26-22-13-7-8-14-23(22)27(25)15-16-30-21-11-5-2-6-12-21/h2,5-8,11-14,19-20H,1,3-4,9-10,15-18H2. The Kier molecular flexibility index (Phi) is 5.43. The van der Waals surface area contributed by atoms with Crippen molar-refractivity contribution in [2.75, 3.05) is 13.2 Å². The van der Waals surface area contributed by atoms with Crippen LogP contribution < -0.4 is 4.74 Å². The summed E-state index contributed by atoms with van der Waals surface area (Å²) in [6, 6.07) is 18.6. The van der Waals surface area contributed by atoms with Crippen LogP contribution in [0.2, 0.25) is 0 Å². The zero-order valence-corrected chi connectivity index (χ0v) is 17.4. The van der Waals surface area contributed by atoms with Gasteiger partial charge in [0.25, 0.3) is 0 Å². The lowest BCUT2D eigenvalue weighted by Crippen LogP contribution is -2.37. The highest BCUT2D eigenvalue weighted by molar-refractivity contribution is 5.81. The maximum atomic E-state index is 12.8. The minimum Gasteiger partial charge on any atom is -0.492 e. The smallest absolute Gasteiger partial charge is 0.223 e. The molecule has 1 aromatic heterocycles. The van der Waals surface area contributed by atoms with E-state index in [1.807, 2.05) is 36.4 Å². The van der Waals surface area contributed by atoms with E-state index in [4.69, 9.17) is 9.72 Å². The van der Waals surface area contributed by atoms with Crippen LogP contribution >= 0.6 is 0 Å². The molecule has 1 amide bonds. The van der Waals surface area contributed by atoms with E-state index in [-0.39, 0.29) is 5.92 Å². The minimum absolute atomic E-state index is 0.156. The minimum atomic E-state index is 0.156. The number of carbonyl (C=O) groups excluding carboxylic acids is 1. The third-order valence-electron chi connectivity index (χ3n) is 6.55. The number of fused-ring (bicyclic) bond motifs is 1. The van der Waals surface area contributed by atoms with Crippen LogP contribution in [-0.4, -0.2) is 39.6 Å². The predicted molar refractivity (Wildman–Crippen MR) is 118 cm³/mol. The van der Waals surface area contributed by atoms with E-state index in [9.17, 15) is 4.79 Å². The van der Waals surface area contributed by atoms with E-state index >= 15 is 0 Å². The predicted octanol–water partition coefficient (Wildman–Crippen LogP) is 4.76. The SMILES string of the molecule is O=C1CC(c2nc3ccccc3n2CCOc2ccccc2)CN1C1CCCCC1. The summed E-state index contributed by atoms with van der Waals surface area (Å²) in [6.45, 7) is 2.09. The van der Waals surface area contributed by atoms with Gasteiger partial charge in [-0.15, -0.1) is 0 Å². The van der Waals surface area contributed by atoms with Crippen LogP contribution in [0.15, 0.2) is 54.6 Å². The molecule has 3 aromatic rings. The fraction of sp³-hybridized carbons (Fsp3) is 0.440. The number of para-hydroxylation sites is 3. The molecule has 1 saturated carbocycles. The number of carbonyl (C=O) groups is 1. The van der Waals surface area contributed by atoms with Gasteiger partial charge >= 0.3 is 0 Å². The third-order valence-corrected chi connectivity index (χ3v) is 6.55. The average molecular weight is 404 g/mol. The van der Waals surface area contributed by atoms with Crippen molar-refractivity contribution in [3.63, 3.8) is 0 Å². The Labute approximate surface area is 177 Å². The van der Waals surface area contributed by atoms with E-state index < -0.39 is 0 Å². The zero-order valence-electron chi connectivity index (χ0n) is 17.4. The summed E-state index contributed by atoms with van der Waals surface area (Å²) in [5, 5.41) is 0. The maximum Gasteiger partial charge on any atom is 0.223 e. The van der Waals surface area contributed by atoms with Gasteiger partial charge in [0.2, 0.25) is 5.91 Å². The Morgan fingerprint density at radius 1 is 0.967 bits per heavy atom. The number of imidazole rings is 1. The van der Waals surface area contributed by atoms with Crippen molar-refractivity contribution in [2.45, 2.75) is 57.0 Å². The molecule has 30 heavy (non-hydrogen) atoms. The van der Waals surface area contributed by atoms with Gasteiger partial charge in [-0.3, -0.25) is 4.79 Å². The van der Waals surface area contributed by atoms with Gasteiger partial charge < -0.3 is 14.2 Å². The topological polar surface area (TPSA) is 47.4 Å². The first-order valence-corrected chi connectivity index (χ1v) is 11.2. The van der Waals surface area contributed by atoms with Crippen molar-refractivity contribution in [1.82, 2.24) is 14.5 Å². The summed E-state index contributed by atoms with van der Waals surface area (Å²) in [5.41, 5.74) is 2.11. The van der Waals surface area contributed by atoms with Crippen LogP contribution in [0.3, 0.4) is 0 Å². The van der Waals surface area contributed by atoms with Crippen molar-refractivity contribution >= 4 is 16.9 Å². The molecule has 1 unspecified atom stereocenters. The molecule has 0 spiro atoms. The molecule has 1 atom stereocenters. The highest BCUT2D eigenvalue weighted by Gasteiger charge is 2.37. The lowest BCUT2D eigenvalue weighted by Gasteiger charge is -2.31. The first-order chi connectivity index (χ1) is 14.8. The Bertz CT molecular complexity index is 1010. The van der Waals surface area contributed by atoms with Gasteiger partial charge in [0, 0.05) is 24.9 Å². The molecule has 1 aliphatic carbocycles. The Balaban J connectivity index is 1.37. The number of benzene rings is 2. The summed E-state index contributed by atoms with van der Waals surface area (Å²) in [5.74, 6) is 2.36. The van der Waals surface area contributed by atoms with Crippen molar-refractivity contribution in [3.05, 3.63) is 60.4 Å². The fourth-order valence-electron chi connectivity index (χ4n) is 5.06.